The van der Waals surface area contributed by atoms with Crippen molar-refractivity contribution in [3.63, 3.8) is 0 Å². The van der Waals surface area contributed by atoms with Crippen molar-refractivity contribution in [2.75, 3.05) is 0 Å². The molecule has 0 saturated carbocycles. The summed E-state index contributed by atoms with van der Waals surface area (Å²) in [5.41, 5.74) is 0. The smallest absolute Gasteiger partial charge is 0.341 e. The monoisotopic (exact) mass is 164 g/mol. The predicted molar refractivity (Wildman–Crippen MR) is 39.2 cm³/mol. The molecule has 0 aliphatic heterocycles. The maximum atomic E-state index is 4.75. The van der Waals surface area contributed by atoms with E-state index in [0.29, 0.717) is 0 Å². The van der Waals surface area contributed by atoms with Gasteiger partial charge in [0.15, 0.2) is 0 Å². The zero-order valence-electron chi connectivity index (χ0n) is 5.13. The highest BCUT2D eigenvalue weighted by atomic mass is 28.2. The fraction of sp³-hybridized carbons (Fsp3) is 0. The van der Waals surface area contributed by atoms with Gasteiger partial charge in [0.1, 0.15) is 11.5 Å². The fourth-order valence-electron chi connectivity index (χ4n) is 0.576. The first-order valence-electron chi connectivity index (χ1n) is 2.64. The van der Waals surface area contributed by atoms with E-state index < -0.39 is 0 Å². The average Bonchev–Trinajstić information content (AvgIpc) is 2.05. The van der Waals surface area contributed by atoms with E-state index in [1.54, 1.807) is 24.3 Å². The maximum absolute atomic E-state index is 4.75. The molecule has 1 aromatic rings. The van der Waals surface area contributed by atoms with Gasteiger partial charge in [0.2, 0.25) is 0 Å². The second-order valence-corrected chi connectivity index (χ2v) is 2.08. The van der Waals surface area contributed by atoms with Crippen molar-refractivity contribution in [1.82, 2.24) is 0 Å². The SMILES string of the molecule is [Si]Oc1ccc(O[Si])cc1. The lowest BCUT2D eigenvalue weighted by Gasteiger charge is -2.00. The maximum Gasteiger partial charge on any atom is 0.341 e. The summed E-state index contributed by atoms with van der Waals surface area (Å²) in [5.74, 6) is 1.48. The number of rotatable bonds is 2. The van der Waals surface area contributed by atoms with Gasteiger partial charge in [0.25, 0.3) is 0 Å². The zero-order valence-corrected chi connectivity index (χ0v) is 7.13. The highest BCUT2D eigenvalue weighted by Gasteiger charge is 1.89. The van der Waals surface area contributed by atoms with E-state index in [-0.39, 0.29) is 0 Å². The third-order valence-electron chi connectivity index (χ3n) is 1.06. The van der Waals surface area contributed by atoms with Gasteiger partial charge in [-0.25, -0.2) is 0 Å². The molecule has 48 valence electrons. The molecule has 0 heterocycles. The van der Waals surface area contributed by atoms with Gasteiger partial charge < -0.3 is 8.85 Å². The van der Waals surface area contributed by atoms with Crippen LogP contribution in [0.25, 0.3) is 0 Å². The Labute approximate surface area is 66.2 Å². The topological polar surface area (TPSA) is 18.5 Å². The summed E-state index contributed by atoms with van der Waals surface area (Å²) in [6.45, 7) is 0. The summed E-state index contributed by atoms with van der Waals surface area (Å²) >= 11 is 0. The third-order valence-corrected chi connectivity index (χ3v) is 1.53. The largest absolute Gasteiger partial charge is 0.540 e. The van der Waals surface area contributed by atoms with Gasteiger partial charge in [0.05, 0.1) is 0 Å². The van der Waals surface area contributed by atoms with E-state index in [4.69, 9.17) is 8.85 Å². The average molecular weight is 164 g/mol. The Balaban J connectivity index is 2.80. The molecule has 0 fully saturated rings. The van der Waals surface area contributed by atoms with Gasteiger partial charge in [-0.2, -0.15) is 0 Å². The molecule has 0 bridgehead atoms. The third kappa shape index (κ3) is 1.61. The molecule has 0 amide bonds. The lowest BCUT2D eigenvalue weighted by molar-refractivity contribution is 0.598. The van der Waals surface area contributed by atoms with E-state index >= 15 is 0 Å². The van der Waals surface area contributed by atoms with Gasteiger partial charge in [-0.3, -0.25) is 0 Å². The fourth-order valence-corrected chi connectivity index (χ4v) is 0.848. The van der Waals surface area contributed by atoms with Crippen LogP contribution in [0.3, 0.4) is 0 Å². The summed E-state index contributed by atoms with van der Waals surface area (Å²) in [7, 11) is 5.79. The molecule has 6 radical (unpaired) electrons. The van der Waals surface area contributed by atoms with Crippen LogP contribution in [0.15, 0.2) is 24.3 Å². The first-order chi connectivity index (χ1) is 4.86. The Morgan fingerprint density at radius 1 is 0.800 bits per heavy atom. The molecule has 0 aromatic heterocycles. The molecule has 0 N–H and O–H groups in total. The van der Waals surface area contributed by atoms with E-state index in [0.717, 1.165) is 11.5 Å². The summed E-state index contributed by atoms with van der Waals surface area (Å²) in [6, 6.07) is 7.12. The van der Waals surface area contributed by atoms with Crippen molar-refractivity contribution < 1.29 is 8.85 Å². The Morgan fingerprint density at radius 2 is 1.10 bits per heavy atom. The standard InChI is InChI=1S/C6H4O2Si2/c9-7-5-1-2-6(8-10)4-3-5/h1-4H. The van der Waals surface area contributed by atoms with Crippen LogP contribution >= 0.6 is 0 Å². The minimum absolute atomic E-state index is 0.740. The van der Waals surface area contributed by atoms with Crippen LogP contribution in [0.5, 0.6) is 11.5 Å². The van der Waals surface area contributed by atoms with Gasteiger partial charge in [0, 0.05) is 0 Å². The van der Waals surface area contributed by atoms with Crippen LogP contribution in [0.1, 0.15) is 0 Å². The van der Waals surface area contributed by atoms with Gasteiger partial charge in [-0.15, -0.1) is 0 Å². The Kier molecular flexibility index (Phi) is 2.52. The normalized spacial score (nSPS) is 9.00. The summed E-state index contributed by atoms with van der Waals surface area (Å²) in [5, 5.41) is 0. The molecule has 10 heavy (non-hydrogen) atoms. The van der Waals surface area contributed by atoms with Gasteiger partial charge in [-0.05, 0) is 24.3 Å². The van der Waals surface area contributed by atoms with Crippen molar-refractivity contribution in [1.29, 1.82) is 0 Å². The molecule has 0 unspecified atom stereocenters. The van der Waals surface area contributed by atoms with Crippen molar-refractivity contribution >= 4 is 21.0 Å². The molecular formula is C6H4O2Si2. The van der Waals surface area contributed by atoms with Crippen LogP contribution in [0, 0.1) is 0 Å². The predicted octanol–water partition coefficient (Wildman–Crippen LogP) is 0.611. The second-order valence-electron chi connectivity index (χ2n) is 1.68. The zero-order chi connectivity index (χ0) is 7.40. The van der Waals surface area contributed by atoms with E-state index in [9.17, 15) is 0 Å². The molecular weight excluding hydrogens is 160 g/mol. The van der Waals surface area contributed by atoms with Crippen LogP contribution < -0.4 is 8.85 Å². The Bertz CT molecular complexity index is 174. The highest BCUT2D eigenvalue weighted by molar-refractivity contribution is 6.00. The number of hydrogen-bond donors (Lipinski definition) is 0. The van der Waals surface area contributed by atoms with Crippen molar-refractivity contribution in [2.24, 2.45) is 0 Å². The van der Waals surface area contributed by atoms with Crippen LogP contribution in [-0.2, 0) is 0 Å². The summed E-state index contributed by atoms with van der Waals surface area (Å²) in [6.07, 6.45) is 0. The van der Waals surface area contributed by atoms with Crippen LogP contribution in [0.2, 0.25) is 0 Å². The van der Waals surface area contributed by atoms with E-state index in [1.807, 2.05) is 0 Å². The van der Waals surface area contributed by atoms with Gasteiger partial charge in [-0.1, -0.05) is 0 Å². The molecule has 1 aromatic carbocycles. The molecule has 0 atom stereocenters. The van der Waals surface area contributed by atoms with E-state index in [2.05, 4.69) is 21.0 Å². The summed E-state index contributed by atoms with van der Waals surface area (Å²) < 4.78 is 9.50. The highest BCUT2D eigenvalue weighted by Crippen LogP contribution is 2.15. The van der Waals surface area contributed by atoms with Crippen LogP contribution in [0.4, 0.5) is 0 Å². The lowest BCUT2D eigenvalue weighted by Crippen LogP contribution is -1.86. The summed E-state index contributed by atoms with van der Waals surface area (Å²) in [4.78, 5) is 0. The molecule has 2 nitrogen and oxygen atoms in total. The molecule has 0 aliphatic carbocycles. The quantitative estimate of drug-likeness (QED) is 0.596. The number of benzene rings is 1. The Hall–Kier alpha value is -0.746. The minimum Gasteiger partial charge on any atom is -0.540 e. The first kappa shape index (κ1) is 7.36. The van der Waals surface area contributed by atoms with Gasteiger partial charge >= 0.3 is 21.0 Å². The molecule has 1 rings (SSSR count). The molecule has 0 aliphatic rings. The van der Waals surface area contributed by atoms with Crippen LogP contribution in [-0.4, -0.2) is 21.0 Å². The molecule has 0 spiro atoms. The van der Waals surface area contributed by atoms with Crippen molar-refractivity contribution in [2.45, 2.75) is 0 Å². The minimum atomic E-state index is 0.740. The lowest BCUT2D eigenvalue weighted by atomic mass is 10.3. The second kappa shape index (κ2) is 3.43. The Morgan fingerprint density at radius 3 is 1.30 bits per heavy atom. The number of hydrogen-bond acceptors (Lipinski definition) is 2. The molecule has 0 saturated heterocycles. The van der Waals surface area contributed by atoms with E-state index in [1.165, 1.54) is 0 Å². The van der Waals surface area contributed by atoms with Crippen molar-refractivity contribution in [3.8, 4) is 11.5 Å². The molecule has 4 heteroatoms. The van der Waals surface area contributed by atoms with Crippen molar-refractivity contribution in [3.05, 3.63) is 24.3 Å². The first-order valence-corrected chi connectivity index (χ1v) is 3.45.